The number of hydrogen-bond donors (Lipinski definition) is 1. The van der Waals surface area contributed by atoms with Crippen LogP contribution < -0.4 is 5.32 Å². The Kier molecular flexibility index (Phi) is 6.61. The molecule has 0 saturated carbocycles. The Balaban J connectivity index is 2.68. The van der Waals surface area contributed by atoms with E-state index in [0.29, 0.717) is 6.04 Å². The smallest absolute Gasteiger partial charge is 0.0456 e. The molecule has 0 heterocycles. The molecule has 0 aromatic heterocycles. The van der Waals surface area contributed by atoms with Crippen molar-refractivity contribution < 1.29 is 0 Å². The summed E-state index contributed by atoms with van der Waals surface area (Å²) >= 11 is 6.34. The Bertz CT molecular complexity index is 336. The summed E-state index contributed by atoms with van der Waals surface area (Å²) in [5.74, 6) is 0. The zero-order chi connectivity index (χ0) is 12.7. The van der Waals surface area contributed by atoms with Gasteiger partial charge in [-0.2, -0.15) is 0 Å². The number of benzene rings is 1. The lowest BCUT2D eigenvalue weighted by molar-refractivity contribution is 0.570. The van der Waals surface area contributed by atoms with Crippen LogP contribution >= 0.6 is 11.6 Å². The predicted octanol–water partition coefficient (Wildman–Crippen LogP) is 4.74. The van der Waals surface area contributed by atoms with E-state index in [2.05, 4.69) is 44.3 Å². The second-order valence-corrected chi connectivity index (χ2v) is 5.04. The first-order valence-corrected chi connectivity index (χ1v) is 7.08. The van der Waals surface area contributed by atoms with E-state index < -0.39 is 0 Å². The minimum Gasteiger partial charge on any atom is -0.310 e. The van der Waals surface area contributed by atoms with Gasteiger partial charge in [-0.3, -0.25) is 0 Å². The molecule has 1 N–H and O–H groups in total. The first-order chi connectivity index (χ1) is 8.19. The lowest BCUT2D eigenvalue weighted by atomic mass is 10.0. The summed E-state index contributed by atoms with van der Waals surface area (Å²) in [6.07, 6.45) is 4.75. The third kappa shape index (κ3) is 4.69. The predicted molar refractivity (Wildman–Crippen MR) is 76.8 cm³/mol. The maximum Gasteiger partial charge on any atom is 0.0456 e. The molecule has 0 spiro atoms. The van der Waals surface area contributed by atoms with Crippen molar-refractivity contribution in [3.63, 3.8) is 0 Å². The third-order valence-electron chi connectivity index (χ3n) is 3.05. The first-order valence-electron chi connectivity index (χ1n) is 6.70. The van der Waals surface area contributed by atoms with Crippen LogP contribution in [0.3, 0.4) is 0 Å². The Morgan fingerprint density at radius 3 is 2.59 bits per heavy atom. The van der Waals surface area contributed by atoms with Gasteiger partial charge < -0.3 is 5.32 Å². The van der Waals surface area contributed by atoms with Gasteiger partial charge in [0, 0.05) is 11.1 Å². The van der Waals surface area contributed by atoms with Crippen LogP contribution in [0.1, 0.15) is 57.2 Å². The molecule has 1 aromatic carbocycles. The summed E-state index contributed by atoms with van der Waals surface area (Å²) in [5.41, 5.74) is 2.56. The number of aryl methyl sites for hydroxylation is 1. The minimum absolute atomic E-state index is 0.336. The summed E-state index contributed by atoms with van der Waals surface area (Å²) in [5, 5.41) is 4.37. The van der Waals surface area contributed by atoms with Gasteiger partial charge in [0.25, 0.3) is 0 Å². The molecule has 1 unspecified atom stereocenters. The summed E-state index contributed by atoms with van der Waals surface area (Å²) in [6.45, 7) is 7.60. The van der Waals surface area contributed by atoms with Crippen molar-refractivity contribution in [3.8, 4) is 0 Å². The van der Waals surface area contributed by atoms with Crippen LogP contribution in [-0.2, 0) is 6.42 Å². The molecule has 0 radical (unpaired) electrons. The largest absolute Gasteiger partial charge is 0.310 e. The van der Waals surface area contributed by atoms with E-state index in [1.807, 2.05) is 0 Å². The Morgan fingerprint density at radius 1 is 1.24 bits per heavy atom. The summed E-state index contributed by atoms with van der Waals surface area (Å²) in [7, 11) is 0. The van der Waals surface area contributed by atoms with E-state index in [4.69, 9.17) is 11.6 Å². The molecule has 0 aliphatic heterocycles. The third-order valence-corrected chi connectivity index (χ3v) is 3.38. The molecule has 0 aliphatic rings. The molecular formula is C15H24ClN. The summed E-state index contributed by atoms with van der Waals surface area (Å²) in [4.78, 5) is 0. The topological polar surface area (TPSA) is 12.0 Å². The van der Waals surface area contributed by atoms with Gasteiger partial charge in [0.15, 0.2) is 0 Å². The van der Waals surface area contributed by atoms with Crippen LogP contribution in [0.4, 0.5) is 0 Å². The van der Waals surface area contributed by atoms with Crippen molar-refractivity contribution >= 4 is 11.6 Å². The molecule has 0 bridgehead atoms. The van der Waals surface area contributed by atoms with Crippen molar-refractivity contribution in [2.75, 3.05) is 6.54 Å². The Labute approximate surface area is 111 Å². The van der Waals surface area contributed by atoms with E-state index in [-0.39, 0.29) is 0 Å². The van der Waals surface area contributed by atoms with Crippen LogP contribution in [-0.4, -0.2) is 6.54 Å². The van der Waals surface area contributed by atoms with Gasteiger partial charge in [-0.25, -0.2) is 0 Å². The van der Waals surface area contributed by atoms with Gasteiger partial charge in [-0.05, 0) is 49.9 Å². The fourth-order valence-corrected chi connectivity index (χ4v) is 2.30. The van der Waals surface area contributed by atoms with Crippen molar-refractivity contribution in [2.24, 2.45) is 0 Å². The SMILES string of the molecule is CCCCc1ccc(C(C)NCCC)c(Cl)c1. The zero-order valence-electron chi connectivity index (χ0n) is 11.2. The molecule has 2 heteroatoms. The molecule has 1 aromatic rings. The zero-order valence-corrected chi connectivity index (χ0v) is 12.0. The number of unbranched alkanes of at least 4 members (excludes halogenated alkanes) is 1. The fourth-order valence-electron chi connectivity index (χ4n) is 1.93. The molecule has 1 atom stereocenters. The average molecular weight is 254 g/mol. The lowest BCUT2D eigenvalue weighted by Gasteiger charge is -2.16. The van der Waals surface area contributed by atoms with Gasteiger partial charge in [0.2, 0.25) is 0 Å². The highest BCUT2D eigenvalue weighted by Gasteiger charge is 2.09. The summed E-state index contributed by atoms with van der Waals surface area (Å²) < 4.78 is 0. The number of rotatable bonds is 7. The van der Waals surface area contributed by atoms with Crippen molar-refractivity contribution in [2.45, 2.75) is 52.5 Å². The average Bonchev–Trinajstić information content (AvgIpc) is 2.33. The number of halogens is 1. The van der Waals surface area contributed by atoms with E-state index in [1.165, 1.54) is 24.0 Å². The van der Waals surface area contributed by atoms with Crippen LogP contribution in [0.2, 0.25) is 5.02 Å². The first kappa shape index (κ1) is 14.5. The van der Waals surface area contributed by atoms with Crippen molar-refractivity contribution in [3.05, 3.63) is 34.3 Å². The Morgan fingerprint density at radius 2 is 2.00 bits per heavy atom. The molecule has 96 valence electrons. The monoisotopic (exact) mass is 253 g/mol. The van der Waals surface area contributed by atoms with Crippen LogP contribution in [0, 0.1) is 0 Å². The maximum atomic E-state index is 6.34. The highest BCUT2D eigenvalue weighted by atomic mass is 35.5. The minimum atomic E-state index is 0.336. The van der Waals surface area contributed by atoms with E-state index in [9.17, 15) is 0 Å². The van der Waals surface area contributed by atoms with E-state index in [1.54, 1.807) is 0 Å². The van der Waals surface area contributed by atoms with Gasteiger partial charge >= 0.3 is 0 Å². The van der Waals surface area contributed by atoms with E-state index in [0.717, 1.165) is 24.4 Å². The molecular weight excluding hydrogens is 230 g/mol. The maximum absolute atomic E-state index is 6.34. The highest BCUT2D eigenvalue weighted by molar-refractivity contribution is 6.31. The molecule has 17 heavy (non-hydrogen) atoms. The second kappa shape index (κ2) is 7.73. The molecule has 0 saturated heterocycles. The fraction of sp³-hybridized carbons (Fsp3) is 0.600. The normalized spacial score (nSPS) is 12.7. The van der Waals surface area contributed by atoms with Crippen molar-refractivity contribution in [1.29, 1.82) is 0 Å². The highest BCUT2D eigenvalue weighted by Crippen LogP contribution is 2.24. The van der Waals surface area contributed by atoms with Crippen LogP contribution in [0.15, 0.2) is 18.2 Å². The van der Waals surface area contributed by atoms with Crippen LogP contribution in [0.5, 0.6) is 0 Å². The molecule has 1 rings (SSSR count). The molecule has 0 amide bonds. The van der Waals surface area contributed by atoms with Crippen LogP contribution in [0.25, 0.3) is 0 Å². The summed E-state index contributed by atoms with van der Waals surface area (Å²) in [6, 6.07) is 6.83. The van der Waals surface area contributed by atoms with Gasteiger partial charge in [-0.15, -0.1) is 0 Å². The number of nitrogens with one attached hydrogen (secondary N) is 1. The quantitative estimate of drug-likeness (QED) is 0.740. The van der Waals surface area contributed by atoms with Gasteiger partial charge in [0.05, 0.1) is 0 Å². The molecule has 0 fully saturated rings. The molecule has 0 aliphatic carbocycles. The van der Waals surface area contributed by atoms with Crippen molar-refractivity contribution in [1.82, 2.24) is 5.32 Å². The number of hydrogen-bond acceptors (Lipinski definition) is 1. The lowest BCUT2D eigenvalue weighted by Crippen LogP contribution is -2.19. The van der Waals surface area contributed by atoms with E-state index >= 15 is 0 Å². The standard InChI is InChI=1S/C15H24ClN/c1-4-6-7-13-8-9-14(15(16)11-13)12(3)17-10-5-2/h8-9,11-12,17H,4-7,10H2,1-3H3. The van der Waals surface area contributed by atoms with Gasteiger partial charge in [-0.1, -0.05) is 44.0 Å². The second-order valence-electron chi connectivity index (χ2n) is 4.64. The molecule has 1 nitrogen and oxygen atoms in total. The Hall–Kier alpha value is -0.530. The van der Waals surface area contributed by atoms with Gasteiger partial charge in [0.1, 0.15) is 0 Å².